The highest BCUT2D eigenvalue weighted by Crippen LogP contribution is 2.40. The summed E-state index contributed by atoms with van der Waals surface area (Å²) in [7, 11) is 28.6. The Hall–Kier alpha value is -2.76. The van der Waals surface area contributed by atoms with Gasteiger partial charge in [-0.2, -0.15) is 13.2 Å². The van der Waals surface area contributed by atoms with Gasteiger partial charge in [-0.15, -0.1) is 16.9 Å². The highest BCUT2D eigenvalue weighted by Gasteiger charge is 2.34. The van der Waals surface area contributed by atoms with Crippen molar-refractivity contribution in [1.29, 1.82) is 0 Å². The van der Waals surface area contributed by atoms with Crippen LogP contribution in [-0.2, 0) is 19.1 Å². The van der Waals surface area contributed by atoms with Crippen LogP contribution in [0, 0.1) is 0 Å². The van der Waals surface area contributed by atoms with E-state index < -0.39 is 46.6 Å². The lowest BCUT2D eigenvalue weighted by molar-refractivity contribution is -0.138. The zero-order valence-electron chi connectivity index (χ0n) is 23.1. The number of hydrogen-bond acceptors (Lipinski definition) is 4. The summed E-state index contributed by atoms with van der Waals surface area (Å²) in [5, 5.41) is 11.2. The molecule has 4 rings (SSSR count). The lowest BCUT2D eigenvalue weighted by Gasteiger charge is -2.41. The predicted molar refractivity (Wildman–Crippen MR) is 169 cm³/mol. The molecule has 2 heterocycles. The van der Waals surface area contributed by atoms with Crippen LogP contribution >= 0.6 is 23.4 Å². The number of aromatic nitrogens is 2. The first-order chi connectivity index (χ1) is 20.5. The first-order valence-corrected chi connectivity index (χ1v) is 14.3. The molecule has 0 spiro atoms. The van der Waals surface area contributed by atoms with Crippen molar-refractivity contribution >= 4 is 79.4 Å². The third-order valence-electron chi connectivity index (χ3n) is 6.87. The van der Waals surface area contributed by atoms with Crippen molar-refractivity contribution in [2.24, 2.45) is 0 Å². The molecule has 2 N–H and O–H groups in total. The number of aliphatic hydroxyl groups excluding tert-OH is 1. The third kappa shape index (κ3) is 7.72. The van der Waals surface area contributed by atoms with Gasteiger partial charge in [-0.1, -0.05) is 22.2 Å². The number of benzene rings is 2. The number of fused-ring (bicyclic) bond motifs is 1. The Morgan fingerprint density at radius 3 is 2.36 bits per heavy atom. The van der Waals surface area contributed by atoms with Crippen molar-refractivity contribution in [1.82, 2.24) is 14.9 Å². The van der Waals surface area contributed by atoms with E-state index in [0.29, 0.717) is 27.2 Å². The second-order valence-corrected chi connectivity index (χ2v) is 12.0. The summed E-state index contributed by atoms with van der Waals surface area (Å²) in [4.78, 5) is 17.9. The van der Waals surface area contributed by atoms with E-state index in [-0.39, 0.29) is 29.1 Å². The number of aliphatic hydroxyl groups is 1. The molecule has 2 aromatic heterocycles. The minimum Gasteiger partial charge on any atom is -0.394 e. The van der Waals surface area contributed by atoms with E-state index in [9.17, 15) is 27.5 Å². The summed E-state index contributed by atoms with van der Waals surface area (Å²) in [6, 6.07) is 12.0. The van der Waals surface area contributed by atoms with E-state index in [1.54, 1.807) is 28.8 Å². The molecule has 10 radical (unpaired) electrons. The molecule has 0 aliphatic rings. The van der Waals surface area contributed by atoms with Crippen LogP contribution in [0.1, 0.15) is 38.9 Å². The van der Waals surface area contributed by atoms with Gasteiger partial charge in [-0.25, -0.2) is 4.39 Å². The second kappa shape index (κ2) is 13.3. The molecule has 0 saturated heterocycles. The Balaban J connectivity index is 1.57. The van der Waals surface area contributed by atoms with Crippen molar-refractivity contribution in [3.63, 3.8) is 0 Å². The van der Waals surface area contributed by atoms with E-state index in [1.165, 1.54) is 30.5 Å². The number of pyridine rings is 1. The number of nitrogens with zero attached hydrogens (tertiary/aromatic N) is 2. The average molecular weight is 629 g/mol. The van der Waals surface area contributed by atoms with Crippen molar-refractivity contribution in [3.05, 3.63) is 93.9 Å². The van der Waals surface area contributed by atoms with Gasteiger partial charge in [0.15, 0.2) is 0 Å². The number of alkyl halides is 4. The molecule has 0 aliphatic heterocycles. The van der Waals surface area contributed by atoms with Crippen LogP contribution in [0.3, 0.4) is 0 Å². The summed E-state index contributed by atoms with van der Waals surface area (Å²) < 4.78 is 54.4. The number of nitrogens with one attached hydrogen (secondary N) is 1. The maximum Gasteiger partial charge on any atom is 0.416 e. The zero-order chi connectivity index (χ0) is 32.4. The number of aryl methyl sites for hydroxylation is 1. The van der Waals surface area contributed by atoms with Gasteiger partial charge >= 0.3 is 6.18 Å². The molecule has 216 valence electrons. The normalized spacial score (nSPS) is 13.2. The lowest BCUT2D eigenvalue weighted by atomic mass is 9.30. The molecule has 1 amide bonds. The van der Waals surface area contributed by atoms with Gasteiger partial charge in [-0.3, -0.25) is 9.78 Å². The second-order valence-electron chi connectivity index (χ2n) is 10.2. The van der Waals surface area contributed by atoms with Crippen LogP contribution in [0.5, 0.6) is 0 Å². The van der Waals surface area contributed by atoms with E-state index in [0.717, 1.165) is 17.8 Å². The molecule has 44 heavy (non-hydrogen) atoms. The molecule has 2 aromatic carbocycles. The number of halogens is 5. The molecule has 0 fully saturated rings. The summed E-state index contributed by atoms with van der Waals surface area (Å²) in [6.45, 7) is -1.33. The molecule has 4 aromatic rings. The zero-order valence-corrected chi connectivity index (χ0v) is 24.7. The van der Waals surface area contributed by atoms with Crippen LogP contribution in [0.15, 0.2) is 65.7 Å². The summed E-state index contributed by atoms with van der Waals surface area (Å²) in [6.07, 6.45) is -3.38. The average Bonchev–Trinajstić information content (AvgIpc) is 3.28. The summed E-state index contributed by atoms with van der Waals surface area (Å²) in [5.41, 5.74) is 0.587. The fraction of sp³-hybridized carbons (Fsp3) is 0.286. The fourth-order valence-corrected chi connectivity index (χ4v) is 5.50. The number of carbonyl (C=O) groups excluding carboxylic acids is 1. The maximum absolute atomic E-state index is 13.7. The van der Waals surface area contributed by atoms with Gasteiger partial charge in [-0.05, 0) is 54.1 Å². The molecular formula is C28H21B5ClF4N3O2S. The third-order valence-corrected chi connectivity index (χ3v) is 8.28. The topological polar surface area (TPSA) is 67.2 Å². The molecule has 0 saturated carbocycles. The number of amides is 1. The lowest BCUT2D eigenvalue weighted by Crippen LogP contribution is -2.42. The van der Waals surface area contributed by atoms with Crippen molar-refractivity contribution in [2.75, 3.05) is 13.3 Å². The quantitative estimate of drug-likeness (QED) is 0.147. The van der Waals surface area contributed by atoms with Gasteiger partial charge in [0.1, 0.15) is 6.67 Å². The Labute approximate surface area is 268 Å². The van der Waals surface area contributed by atoms with Crippen LogP contribution in [0.25, 0.3) is 10.9 Å². The standard InChI is InChI=1S/C28H21B5ClF4N3O2S/c29-27(30,31)28(32,33)44-20-4-5-22(39-13-20)23(14-42)40-25(43)16-2-6-24-17(9-16)11-19(41(24)8-7-35)10-15-1-3-18(34)12-21(15)26(36,37)38/h1-6,9,11-13,23,42H,7-8,10,14H2,(H,40,43). The smallest absolute Gasteiger partial charge is 0.394 e. The van der Waals surface area contributed by atoms with Gasteiger partial charge in [0, 0.05) is 44.7 Å². The molecular weight excluding hydrogens is 608 g/mol. The van der Waals surface area contributed by atoms with Gasteiger partial charge in [0.2, 0.25) is 0 Å². The van der Waals surface area contributed by atoms with E-state index in [4.69, 9.17) is 50.8 Å². The minimum absolute atomic E-state index is 0.0255. The molecule has 16 heteroatoms. The van der Waals surface area contributed by atoms with Crippen molar-refractivity contribution in [3.8, 4) is 0 Å². The van der Waals surface area contributed by atoms with Gasteiger partial charge in [0.25, 0.3) is 5.91 Å². The van der Waals surface area contributed by atoms with E-state index in [1.807, 2.05) is 0 Å². The van der Waals surface area contributed by atoms with Gasteiger partial charge in [0.05, 0.1) is 69.7 Å². The molecule has 1 unspecified atom stereocenters. The SMILES string of the molecule is [B]C([B])([B])C([B])([B])Sc1ccc(C(CO)NC(=O)c2ccc3c(c2)cc(Cc2ccc(Cl)cc2C(F)(F)F)n3CCF)nc1. The summed E-state index contributed by atoms with van der Waals surface area (Å²) in [5.74, 6) is -0.551. The van der Waals surface area contributed by atoms with E-state index >= 15 is 0 Å². The predicted octanol–water partition coefficient (Wildman–Crippen LogP) is 4.39. The first kappa shape index (κ1) is 34.1. The molecule has 0 aliphatic carbocycles. The number of rotatable bonds is 11. The van der Waals surface area contributed by atoms with Crippen molar-refractivity contribution in [2.45, 2.75) is 39.7 Å². The Morgan fingerprint density at radius 2 is 1.77 bits per heavy atom. The van der Waals surface area contributed by atoms with Crippen LogP contribution < -0.4 is 5.32 Å². The number of carbonyl (C=O) groups is 1. The van der Waals surface area contributed by atoms with E-state index in [2.05, 4.69) is 10.3 Å². The Morgan fingerprint density at radius 1 is 1.05 bits per heavy atom. The molecule has 5 nitrogen and oxygen atoms in total. The van der Waals surface area contributed by atoms with Crippen LogP contribution in [0.4, 0.5) is 17.6 Å². The number of thioether (sulfide) groups is 1. The highest BCUT2D eigenvalue weighted by molar-refractivity contribution is 8.03. The molecule has 1 atom stereocenters. The highest BCUT2D eigenvalue weighted by atomic mass is 35.5. The fourth-order valence-electron chi connectivity index (χ4n) is 4.52. The van der Waals surface area contributed by atoms with Crippen molar-refractivity contribution < 1.29 is 27.5 Å². The monoisotopic (exact) mass is 629 g/mol. The summed E-state index contributed by atoms with van der Waals surface area (Å²) >= 11 is 6.70. The number of hydrogen-bond donors (Lipinski definition) is 2. The van der Waals surface area contributed by atoms with Crippen LogP contribution in [0.2, 0.25) is 10.1 Å². The van der Waals surface area contributed by atoms with Gasteiger partial charge < -0.3 is 15.0 Å². The Bertz CT molecular complexity index is 1650. The Kier molecular flexibility index (Phi) is 10.3. The largest absolute Gasteiger partial charge is 0.416 e. The van der Waals surface area contributed by atoms with Crippen LogP contribution in [-0.4, -0.2) is 77.6 Å². The first-order valence-electron chi connectivity index (χ1n) is 13.1. The maximum atomic E-state index is 13.7. The molecule has 0 bridgehead atoms. The minimum atomic E-state index is -4.63.